The topological polar surface area (TPSA) is 57.5 Å². The minimum absolute atomic E-state index is 0.370. The van der Waals surface area contributed by atoms with Crippen molar-refractivity contribution >= 4 is 5.97 Å². The Morgan fingerprint density at radius 1 is 1.41 bits per heavy atom. The molecule has 2 N–H and O–H groups in total. The van der Waals surface area contributed by atoms with Gasteiger partial charge in [-0.3, -0.25) is 4.79 Å². The highest BCUT2D eigenvalue weighted by Crippen LogP contribution is 2.40. The van der Waals surface area contributed by atoms with Gasteiger partial charge in [0.15, 0.2) is 0 Å². The fraction of sp³-hybridized carbons (Fsp3) is 0.500. The highest BCUT2D eigenvalue weighted by Gasteiger charge is 2.46. The van der Waals surface area contributed by atoms with Gasteiger partial charge in [-0.25, -0.2) is 0 Å². The lowest BCUT2D eigenvalue weighted by Crippen LogP contribution is -2.48. The molecule has 0 spiro atoms. The molecule has 0 aromatic heterocycles. The average Bonchev–Trinajstić information content (AvgIpc) is 2.19. The van der Waals surface area contributed by atoms with E-state index in [1.807, 2.05) is 26.0 Å². The van der Waals surface area contributed by atoms with E-state index in [1.165, 1.54) is 5.56 Å². The Kier molecular flexibility index (Phi) is 2.96. The van der Waals surface area contributed by atoms with Gasteiger partial charge in [0, 0.05) is 6.42 Å². The fourth-order valence-electron chi connectivity index (χ4n) is 2.52. The lowest BCUT2D eigenvalue weighted by molar-refractivity contribution is -0.158. The first kappa shape index (κ1) is 12.1. The van der Waals surface area contributed by atoms with Gasteiger partial charge in [0.05, 0.1) is 11.5 Å². The zero-order chi connectivity index (χ0) is 12.6. The number of aliphatic carboxylic acids is 1. The Hall–Kier alpha value is -1.35. The van der Waals surface area contributed by atoms with Crippen molar-refractivity contribution in [2.24, 2.45) is 5.92 Å². The van der Waals surface area contributed by atoms with Crippen LogP contribution in [0, 0.1) is 19.8 Å². The molecular weight excluding hydrogens is 216 g/mol. The van der Waals surface area contributed by atoms with E-state index in [4.69, 9.17) is 5.11 Å². The van der Waals surface area contributed by atoms with Crippen LogP contribution in [0.3, 0.4) is 0 Å². The van der Waals surface area contributed by atoms with E-state index in [2.05, 4.69) is 6.07 Å². The van der Waals surface area contributed by atoms with Crippen molar-refractivity contribution in [1.29, 1.82) is 0 Å². The molecule has 3 nitrogen and oxygen atoms in total. The molecule has 3 heteroatoms. The third kappa shape index (κ3) is 2.50. The molecule has 1 aromatic carbocycles. The Bertz CT molecular complexity index is 445. The second kappa shape index (κ2) is 4.15. The summed E-state index contributed by atoms with van der Waals surface area (Å²) in [6, 6.07) is 6.16. The fourth-order valence-corrected chi connectivity index (χ4v) is 2.52. The smallest absolute Gasteiger partial charge is 0.306 e. The summed E-state index contributed by atoms with van der Waals surface area (Å²) >= 11 is 0. The standard InChI is InChI=1S/C14H18O3/c1-9-3-4-10(2)11(5-9)6-14(17)7-12(8-14)13(15)16/h3-5,12,17H,6-8H2,1-2H3,(H,15,16). The normalized spacial score (nSPS) is 27.6. The molecule has 0 unspecified atom stereocenters. The Morgan fingerprint density at radius 2 is 2.06 bits per heavy atom. The van der Waals surface area contributed by atoms with Gasteiger partial charge in [-0.05, 0) is 37.8 Å². The molecule has 1 fully saturated rings. The number of carboxylic acid groups (broad SMARTS) is 1. The van der Waals surface area contributed by atoms with E-state index < -0.39 is 11.6 Å². The van der Waals surface area contributed by atoms with Crippen molar-refractivity contribution in [2.75, 3.05) is 0 Å². The minimum atomic E-state index is -0.818. The van der Waals surface area contributed by atoms with E-state index in [1.54, 1.807) is 0 Å². The molecule has 0 heterocycles. The van der Waals surface area contributed by atoms with Crippen LogP contribution < -0.4 is 0 Å². The van der Waals surface area contributed by atoms with Crippen LogP contribution in [0.25, 0.3) is 0 Å². The van der Waals surface area contributed by atoms with Crippen LogP contribution in [0.4, 0.5) is 0 Å². The largest absolute Gasteiger partial charge is 0.481 e. The van der Waals surface area contributed by atoms with Crippen molar-refractivity contribution in [3.8, 4) is 0 Å². The molecule has 0 radical (unpaired) electrons. The van der Waals surface area contributed by atoms with E-state index in [9.17, 15) is 9.90 Å². The molecular formula is C14H18O3. The van der Waals surface area contributed by atoms with Crippen LogP contribution in [0.15, 0.2) is 18.2 Å². The summed E-state index contributed by atoms with van der Waals surface area (Å²) in [5.41, 5.74) is 2.63. The molecule has 2 rings (SSSR count). The van der Waals surface area contributed by atoms with E-state index in [0.717, 1.165) is 11.1 Å². The highest BCUT2D eigenvalue weighted by atomic mass is 16.4. The second-order valence-electron chi connectivity index (χ2n) is 5.27. The molecule has 0 amide bonds. The van der Waals surface area contributed by atoms with Crippen molar-refractivity contribution in [1.82, 2.24) is 0 Å². The summed E-state index contributed by atoms with van der Waals surface area (Å²) < 4.78 is 0. The SMILES string of the molecule is Cc1ccc(C)c(CC2(O)CC(C(=O)O)C2)c1. The second-order valence-corrected chi connectivity index (χ2v) is 5.27. The zero-order valence-corrected chi connectivity index (χ0v) is 10.2. The van der Waals surface area contributed by atoms with Gasteiger partial charge < -0.3 is 10.2 Å². The average molecular weight is 234 g/mol. The van der Waals surface area contributed by atoms with Crippen LogP contribution in [-0.4, -0.2) is 21.8 Å². The Balaban J connectivity index is 2.07. The number of aliphatic hydroxyl groups is 1. The zero-order valence-electron chi connectivity index (χ0n) is 10.2. The predicted octanol–water partition coefficient (Wildman–Crippen LogP) is 2.07. The van der Waals surface area contributed by atoms with Gasteiger partial charge in [0.1, 0.15) is 0 Å². The van der Waals surface area contributed by atoms with Crippen molar-refractivity contribution in [3.63, 3.8) is 0 Å². The molecule has 0 bridgehead atoms. The first-order chi connectivity index (χ1) is 7.89. The Labute approximate surface area is 101 Å². The van der Waals surface area contributed by atoms with Crippen molar-refractivity contribution < 1.29 is 15.0 Å². The summed E-state index contributed by atoms with van der Waals surface area (Å²) in [5.74, 6) is -1.17. The van der Waals surface area contributed by atoms with Crippen LogP contribution in [0.2, 0.25) is 0 Å². The number of hydrogen-bond donors (Lipinski definition) is 2. The summed E-state index contributed by atoms with van der Waals surface area (Å²) in [6.07, 6.45) is 1.30. The molecule has 1 aliphatic carbocycles. The van der Waals surface area contributed by atoms with Gasteiger partial charge in [0.2, 0.25) is 0 Å². The van der Waals surface area contributed by atoms with Crippen LogP contribution in [-0.2, 0) is 11.2 Å². The maximum Gasteiger partial charge on any atom is 0.306 e. The first-order valence-corrected chi connectivity index (χ1v) is 5.91. The third-order valence-electron chi connectivity index (χ3n) is 3.63. The summed E-state index contributed by atoms with van der Waals surface area (Å²) in [5, 5.41) is 19.1. The van der Waals surface area contributed by atoms with Crippen LogP contribution >= 0.6 is 0 Å². The van der Waals surface area contributed by atoms with Gasteiger partial charge in [-0.2, -0.15) is 0 Å². The maximum atomic E-state index is 10.7. The number of aryl methyl sites for hydroxylation is 2. The molecule has 17 heavy (non-hydrogen) atoms. The molecule has 92 valence electrons. The van der Waals surface area contributed by atoms with Gasteiger partial charge >= 0.3 is 5.97 Å². The Morgan fingerprint density at radius 3 is 2.65 bits per heavy atom. The summed E-state index contributed by atoms with van der Waals surface area (Å²) in [7, 11) is 0. The lowest BCUT2D eigenvalue weighted by atomic mass is 9.68. The van der Waals surface area contributed by atoms with Gasteiger partial charge in [-0.1, -0.05) is 23.8 Å². The van der Waals surface area contributed by atoms with Crippen LogP contribution in [0.5, 0.6) is 0 Å². The summed E-state index contributed by atoms with van der Waals surface area (Å²) in [6.45, 7) is 4.04. The van der Waals surface area contributed by atoms with E-state index >= 15 is 0 Å². The van der Waals surface area contributed by atoms with Gasteiger partial charge in [0.25, 0.3) is 0 Å². The molecule has 0 saturated heterocycles. The van der Waals surface area contributed by atoms with Crippen molar-refractivity contribution in [2.45, 2.75) is 38.7 Å². The molecule has 1 saturated carbocycles. The monoisotopic (exact) mass is 234 g/mol. The first-order valence-electron chi connectivity index (χ1n) is 5.91. The minimum Gasteiger partial charge on any atom is -0.481 e. The number of carboxylic acids is 1. The van der Waals surface area contributed by atoms with E-state index in [-0.39, 0.29) is 5.92 Å². The quantitative estimate of drug-likeness (QED) is 0.841. The van der Waals surface area contributed by atoms with Gasteiger partial charge in [-0.15, -0.1) is 0 Å². The van der Waals surface area contributed by atoms with E-state index in [0.29, 0.717) is 19.3 Å². The number of rotatable bonds is 3. The molecule has 0 aliphatic heterocycles. The maximum absolute atomic E-state index is 10.7. The number of benzene rings is 1. The molecule has 1 aliphatic rings. The highest BCUT2D eigenvalue weighted by molar-refractivity contribution is 5.71. The lowest BCUT2D eigenvalue weighted by Gasteiger charge is -2.42. The van der Waals surface area contributed by atoms with Crippen molar-refractivity contribution in [3.05, 3.63) is 34.9 Å². The third-order valence-corrected chi connectivity index (χ3v) is 3.63. The molecule has 1 aromatic rings. The summed E-state index contributed by atoms with van der Waals surface area (Å²) in [4.78, 5) is 10.7. The molecule has 0 atom stereocenters. The predicted molar refractivity (Wildman–Crippen MR) is 64.9 cm³/mol. The number of carbonyl (C=O) groups is 1. The number of hydrogen-bond acceptors (Lipinski definition) is 2. The van der Waals surface area contributed by atoms with Crippen LogP contribution in [0.1, 0.15) is 29.5 Å².